The van der Waals surface area contributed by atoms with Crippen molar-refractivity contribution in [2.75, 3.05) is 20.8 Å². The van der Waals surface area contributed by atoms with Gasteiger partial charge in [-0.05, 0) is 48.2 Å². The van der Waals surface area contributed by atoms with E-state index in [2.05, 4.69) is 24.4 Å². The fourth-order valence-corrected chi connectivity index (χ4v) is 2.42. The second-order valence-corrected chi connectivity index (χ2v) is 6.07. The summed E-state index contributed by atoms with van der Waals surface area (Å²) >= 11 is 0. The lowest BCUT2D eigenvalue weighted by Gasteiger charge is -2.10. The standard InChI is InChI=1S/C21H26N2O4/c1-5-15(2)16-6-8-18(9-7-16)27-14-21(24)23-22-13-17-12-19(25-3)10-11-20(17)26-4/h6-13,15H,5,14H2,1-4H3,(H,23,24). The monoisotopic (exact) mass is 370 g/mol. The maximum Gasteiger partial charge on any atom is 0.277 e. The minimum atomic E-state index is -0.348. The van der Waals surface area contributed by atoms with Crippen LogP contribution in [0, 0.1) is 0 Å². The summed E-state index contributed by atoms with van der Waals surface area (Å²) in [6.07, 6.45) is 2.58. The molecule has 0 saturated heterocycles. The predicted molar refractivity (Wildman–Crippen MR) is 106 cm³/mol. The molecule has 0 aliphatic heterocycles. The fraction of sp³-hybridized carbons (Fsp3) is 0.333. The van der Waals surface area contributed by atoms with Crippen LogP contribution in [0.4, 0.5) is 0 Å². The van der Waals surface area contributed by atoms with Crippen molar-refractivity contribution in [2.24, 2.45) is 5.10 Å². The summed E-state index contributed by atoms with van der Waals surface area (Å²) in [6, 6.07) is 13.1. The summed E-state index contributed by atoms with van der Waals surface area (Å²) in [5.41, 5.74) is 4.39. The van der Waals surface area contributed by atoms with Crippen molar-refractivity contribution in [3.8, 4) is 17.2 Å². The number of hydrazone groups is 1. The number of hydrogen-bond acceptors (Lipinski definition) is 5. The van der Waals surface area contributed by atoms with Gasteiger partial charge >= 0.3 is 0 Å². The van der Waals surface area contributed by atoms with E-state index in [9.17, 15) is 4.79 Å². The average molecular weight is 370 g/mol. The fourth-order valence-electron chi connectivity index (χ4n) is 2.42. The first-order valence-electron chi connectivity index (χ1n) is 8.84. The Morgan fingerprint density at radius 1 is 1.11 bits per heavy atom. The van der Waals surface area contributed by atoms with Crippen molar-refractivity contribution < 1.29 is 19.0 Å². The molecule has 1 atom stereocenters. The topological polar surface area (TPSA) is 69.2 Å². The van der Waals surface area contributed by atoms with E-state index in [0.29, 0.717) is 28.7 Å². The number of nitrogens with one attached hydrogen (secondary N) is 1. The van der Waals surface area contributed by atoms with E-state index in [-0.39, 0.29) is 12.5 Å². The summed E-state index contributed by atoms with van der Waals surface area (Å²) < 4.78 is 15.9. The molecule has 2 aromatic carbocycles. The SMILES string of the molecule is CCC(C)c1ccc(OCC(=O)NN=Cc2cc(OC)ccc2OC)cc1. The third-order valence-corrected chi connectivity index (χ3v) is 4.26. The van der Waals surface area contributed by atoms with Crippen LogP contribution in [0.15, 0.2) is 47.6 Å². The molecule has 0 heterocycles. The zero-order valence-electron chi connectivity index (χ0n) is 16.2. The largest absolute Gasteiger partial charge is 0.497 e. The number of carbonyl (C=O) groups is 1. The lowest BCUT2D eigenvalue weighted by Crippen LogP contribution is -2.24. The Labute approximate surface area is 160 Å². The molecule has 1 unspecified atom stereocenters. The molecule has 0 spiro atoms. The maximum atomic E-state index is 11.9. The van der Waals surface area contributed by atoms with Gasteiger partial charge in [-0.1, -0.05) is 26.0 Å². The van der Waals surface area contributed by atoms with Gasteiger partial charge in [0.15, 0.2) is 6.61 Å². The van der Waals surface area contributed by atoms with E-state index >= 15 is 0 Å². The van der Waals surface area contributed by atoms with Gasteiger partial charge in [0.2, 0.25) is 0 Å². The van der Waals surface area contributed by atoms with Crippen LogP contribution < -0.4 is 19.6 Å². The van der Waals surface area contributed by atoms with Gasteiger partial charge in [-0.3, -0.25) is 4.79 Å². The molecule has 2 aromatic rings. The zero-order chi connectivity index (χ0) is 19.6. The summed E-state index contributed by atoms with van der Waals surface area (Å²) in [5, 5.41) is 3.95. The minimum Gasteiger partial charge on any atom is -0.497 e. The number of ether oxygens (including phenoxy) is 3. The number of methoxy groups -OCH3 is 2. The molecular weight excluding hydrogens is 344 g/mol. The summed E-state index contributed by atoms with van der Waals surface area (Å²) in [7, 11) is 3.15. The highest BCUT2D eigenvalue weighted by atomic mass is 16.5. The van der Waals surface area contributed by atoms with Gasteiger partial charge in [-0.2, -0.15) is 5.10 Å². The van der Waals surface area contributed by atoms with Crippen molar-refractivity contribution in [1.82, 2.24) is 5.43 Å². The van der Waals surface area contributed by atoms with Gasteiger partial charge in [0.05, 0.1) is 20.4 Å². The van der Waals surface area contributed by atoms with E-state index in [4.69, 9.17) is 14.2 Å². The number of hydrogen-bond donors (Lipinski definition) is 1. The van der Waals surface area contributed by atoms with Crippen LogP contribution in [0.2, 0.25) is 0 Å². The third kappa shape index (κ3) is 6.02. The van der Waals surface area contributed by atoms with Gasteiger partial charge in [0.25, 0.3) is 5.91 Å². The Balaban J connectivity index is 1.86. The van der Waals surface area contributed by atoms with Gasteiger partial charge in [-0.25, -0.2) is 5.43 Å². The molecule has 0 aliphatic rings. The number of nitrogens with zero attached hydrogens (tertiary/aromatic N) is 1. The van der Waals surface area contributed by atoms with Gasteiger partial charge in [-0.15, -0.1) is 0 Å². The normalized spacial score (nSPS) is 11.9. The summed E-state index contributed by atoms with van der Waals surface area (Å²) in [5.74, 6) is 2.11. The molecule has 0 radical (unpaired) electrons. The second kappa shape index (κ2) is 10.2. The molecule has 27 heavy (non-hydrogen) atoms. The Kier molecular flexibility index (Phi) is 7.67. The Morgan fingerprint density at radius 2 is 1.81 bits per heavy atom. The molecule has 6 nitrogen and oxygen atoms in total. The molecule has 0 bridgehead atoms. The molecule has 2 rings (SSSR count). The summed E-state index contributed by atoms with van der Waals surface area (Å²) in [4.78, 5) is 11.9. The molecule has 0 fully saturated rings. The number of amides is 1. The first kappa shape index (κ1) is 20.3. The minimum absolute atomic E-state index is 0.116. The van der Waals surface area contributed by atoms with Crippen LogP contribution in [0.5, 0.6) is 17.2 Å². The molecule has 6 heteroatoms. The van der Waals surface area contributed by atoms with Crippen LogP contribution in [0.1, 0.15) is 37.3 Å². The molecule has 1 N–H and O–H groups in total. The van der Waals surface area contributed by atoms with Crippen LogP contribution in [0.25, 0.3) is 0 Å². The van der Waals surface area contributed by atoms with Gasteiger partial charge in [0, 0.05) is 5.56 Å². The predicted octanol–water partition coefficient (Wildman–Crippen LogP) is 3.75. The average Bonchev–Trinajstić information content (AvgIpc) is 2.71. The highest BCUT2D eigenvalue weighted by Gasteiger charge is 2.06. The van der Waals surface area contributed by atoms with Crippen LogP contribution in [-0.2, 0) is 4.79 Å². The second-order valence-electron chi connectivity index (χ2n) is 6.07. The van der Waals surface area contributed by atoms with Crippen molar-refractivity contribution in [3.63, 3.8) is 0 Å². The zero-order valence-corrected chi connectivity index (χ0v) is 16.2. The van der Waals surface area contributed by atoms with E-state index in [1.54, 1.807) is 32.4 Å². The first-order chi connectivity index (χ1) is 13.1. The van der Waals surface area contributed by atoms with E-state index < -0.39 is 0 Å². The molecule has 0 aromatic heterocycles. The van der Waals surface area contributed by atoms with E-state index in [1.165, 1.54) is 11.8 Å². The lowest BCUT2D eigenvalue weighted by molar-refractivity contribution is -0.123. The van der Waals surface area contributed by atoms with Gasteiger partial charge in [0.1, 0.15) is 17.2 Å². The van der Waals surface area contributed by atoms with E-state index in [1.807, 2.05) is 24.3 Å². The number of carbonyl (C=O) groups excluding carboxylic acids is 1. The highest BCUT2D eigenvalue weighted by Crippen LogP contribution is 2.22. The summed E-state index contributed by atoms with van der Waals surface area (Å²) in [6.45, 7) is 4.22. The van der Waals surface area contributed by atoms with Crippen molar-refractivity contribution in [2.45, 2.75) is 26.2 Å². The lowest BCUT2D eigenvalue weighted by atomic mass is 9.99. The molecular formula is C21H26N2O4. The maximum absolute atomic E-state index is 11.9. The van der Waals surface area contributed by atoms with E-state index in [0.717, 1.165) is 6.42 Å². The van der Waals surface area contributed by atoms with Gasteiger partial charge < -0.3 is 14.2 Å². The molecule has 0 saturated carbocycles. The Morgan fingerprint density at radius 3 is 2.44 bits per heavy atom. The van der Waals surface area contributed by atoms with Crippen molar-refractivity contribution >= 4 is 12.1 Å². The quantitative estimate of drug-likeness (QED) is 0.539. The van der Waals surface area contributed by atoms with Crippen LogP contribution in [0.3, 0.4) is 0 Å². The van der Waals surface area contributed by atoms with Crippen LogP contribution in [-0.4, -0.2) is 32.9 Å². The highest BCUT2D eigenvalue weighted by molar-refractivity contribution is 5.86. The first-order valence-corrected chi connectivity index (χ1v) is 8.84. The number of rotatable bonds is 9. The molecule has 0 aliphatic carbocycles. The Hall–Kier alpha value is -3.02. The molecule has 144 valence electrons. The van der Waals surface area contributed by atoms with Crippen molar-refractivity contribution in [3.05, 3.63) is 53.6 Å². The third-order valence-electron chi connectivity index (χ3n) is 4.26. The Bertz CT molecular complexity index is 772. The smallest absolute Gasteiger partial charge is 0.277 e. The van der Waals surface area contributed by atoms with Crippen molar-refractivity contribution in [1.29, 1.82) is 0 Å². The number of benzene rings is 2. The molecule has 1 amide bonds. The van der Waals surface area contributed by atoms with Crippen LogP contribution >= 0.6 is 0 Å².